The number of benzene rings is 1. The van der Waals surface area contributed by atoms with Crippen LogP contribution >= 0.6 is 12.4 Å². The van der Waals surface area contributed by atoms with Crippen LogP contribution in [0.3, 0.4) is 0 Å². The number of aromatic nitrogens is 4. The number of imidazole rings is 1. The topological polar surface area (TPSA) is 76.8 Å². The minimum Gasteiger partial charge on any atom is -0.330 e. The molecule has 3 aromatic rings. The second-order valence-electron chi connectivity index (χ2n) is 7.90. The molecule has 2 aromatic heterocycles. The number of rotatable bonds is 6. The summed E-state index contributed by atoms with van der Waals surface area (Å²) >= 11 is 0. The number of nitrogens with one attached hydrogen (secondary N) is 2. The molecule has 4 rings (SSSR count). The molecule has 2 N–H and O–H groups in total. The Bertz CT molecular complexity index is 973. The molecule has 0 saturated carbocycles. The smallest absolute Gasteiger partial charge is 0.276 e. The van der Waals surface area contributed by atoms with E-state index in [1.165, 1.54) is 0 Å². The SMILES string of the molecule is CC(C)c1nccn1Cc1cccc(NC(=O)c2ccn(C3CCCNC3)n2)c1.Cl. The molecule has 0 radical (unpaired) electrons. The van der Waals surface area contributed by atoms with Gasteiger partial charge in [-0.2, -0.15) is 5.10 Å². The number of piperidine rings is 1. The zero-order chi connectivity index (χ0) is 20.2. The third kappa shape index (κ3) is 5.09. The molecule has 30 heavy (non-hydrogen) atoms. The molecule has 0 bridgehead atoms. The number of hydrogen-bond acceptors (Lipinski definition) is 4. The minimum atomic E-state index is -0.185. The summed E-state index contributed by atoms with van der Waals surface area (Å²) in [6.07, 6.45) is 7.95. The molecule has 1 unspecified atom stereocenters. The Morgan fingerprint density at radius 2 is 2.17 bits per heavy atom. The van der Waals surface area contributed by atoms with E-state index >= 15 is 0 Å². The maximum Gasteiger partial charge on any atom is 0.276 e. The average Bonchev–Trinajstić information content (AvgIpc) is 3.39. The number of amides is 1. The first-order valence-corrected chi connectivity index (χ1v) is 10.3. The van der Waals surface area contributed by atoms with Gasteiger partial charge in [0.05, 0.1) is 6.04 Å². The van der Waals surface area contributed by atoms with Crippen molar-refractivity contribution in [1.29, 1.82) is 0 Å². The van der Waals surface area contributed by atoms with Crippen LogP contribution in [0.15, 0.2) is 48.9 Å². The monoisotopic (exact) mass is 428 g/mol. The lowest BCUT2D eigenvalue weighted by Gasteiger charge is -2.22. The van der Waals surface area contributed by atoms with E-state index in [4.69, 9.17) is 0 Å². The van der Waals surface area contributed by atoms with Gasteiger partial charge in [0.1, 0.15) is 5.82 Å². The van der Waals surface area contributed by atoms with Crippen LogP contribution in [-0.4, -0.2) is 38.3 Å². The van der Waals surface area contributed by atoms with Crippen molar-refractivity contribution in [2.24, 2.45) is 0 Å². The fraction of sp³-hybridized carbons (Fsp3) is 0.409. The van der Waals surface area contributed by atoms with Crippen molar-refractivity contribution in [3.8, 4) is 0 Å². The van der Waals surface area contributed by atoms with Crippen LogP contribution in [0.25, 0.3) is 0 Å². The van der Waals surface area contributed by atoms with Crippen LogP contribution in [0.2, 0.25) is 0 Å². The molecule has 0 spiro atoms. The summed E-state index contributed by atoms with van der Waals surface area (Å²) in [6, 6.07) is 10.0. The first kappa shape index (κ1) is 22.1. The largest absolute Gasteiger partial charge is 0.330 e. The van der Waals surface area contributed by atoms with Gasteiger partial charge in [-0.25, -0.2) is 4.98 Å². The molecule has 1 fully saturated rings. The van der Waals surface area contributed by atoms with E-state index in [-0.39, 0.29) is 18.3 Å². The van der Waals surface area contributed by atoms with Crippen molar-refractivity contribution in [3.63, 3.8) is 0 Å². The summed E-state index contributed by atoms with van der Waals surface area (Å²) in [5.41, 5.74) is 2.33. The van der Waals surface area contributed by atoms with Gasteiger partial charge in [0.25, 0.3) is 5.91 Å². The Kier molecular flexibility index (Phi) is 7.29. The second-order valence-corrected chi connectivity index (χ2v) is 7.90. The quantitative estimate of drug-likeness (QED) is 0.625. The van der Waals surface area contributed by atoms with Crippen LogP contribution < -0.4 is 10.6 Å². The highest BCUT2D eigenvalue weighted by molar-refractivity contribution is 6.02. The van der Waals surface area contributed by atoms with Crippen molar-refractivity contribution >= 4 is 24.0 Å². The zero-order valence-corrected chi connectivity index (χ0v) is 18.2. The minimum absolute atomic E-state index is 0. The van der Waals surface area contributed by atoms with E-state index < -0.39 is 0 Å². The first-order chi connectivity index (χ1) is 14.1. The van der Waals surface area contributed by atoms with Crippen molar-refractivity contribution in [3.05, 3.63) is 66.0 Å². The number of carbonyl (C=O) groups is 1. The van der Waals surface area contributed by atoms with Crippen LogP contribution in [0.4, 0.5) is 5.69 Å². The summed E-state index contributed by atoms with van der Waals surface area (Å²) in [4.78, 5) is 17.1. The summed E-state index contributed by atoms with van der Waals surface area (Å²) in [5.74, 6) is 1.24. The highest BCUT2D eigenvalue weighted by Crippen LogP contribution is 2.18. The maximum absolute atomic E-state index is 12.7. The number of halogens is 1. The summed E-state index contributed by atoms with van der Waals surface area (Å²) in [7, 11) is 0. The lowest BCUT2D eigenvalue weighted by molar-refractivity contribution is 0.102. The Labute approximate surface area is 183 Å². The van der Waals surface area contributed by atoms with Crippen molar-refractivity contribution in [2.45, 2.75) is 45.2 Å². The van der Waals surface area contributed by atoms with E-state index in [1.807, 2.05) is 41.5 Å². The Balaban J connectivity index is 0.00000256. The zero-order valence-electron chi connectivity index (χ0n) is 17.4. The van der Waals surface area contributed by atoms with Crippen LogP contribution in [0.5, 0.6) is 0 Å². The first-order valence-electron chi connectivity index (χ1n) is 10.3. The Morgan fingerprint density at radius 3 is 2.93 bits per heavy atom. The van der Waals surface area contributed by atoms with Gasteiger partial charge in [-0.3, -0.25) is 9.48 Å². The molecule has 3 heterocycles. The number of carbonyl (C=O) groups excluding carboxylic acids is 1. The van der Waals surface area contributed by atoms with Crippen LogP contribution in [-0.2, 0) is 6.54 Å². The lowest BCUT2D eigenvalue weighted by Crippen LogP contribution is -2.32. The molecule has 1 atom stereocenters. The highest BCUT2D eigenvalue weighted by Gasteiger charge is 2.18. The normalized spacial score (nSPS) is 16.3. The molecule has 1 aliphatic rings. The molecular weight excluding hydrogens is 400 g/mol. The molecular formula is C22H29ClN6O. The fourth-order valence-corrected chi connectivity index (χ4v) is 3.82. The number of hydrogen-bond donors (Lipinski definition) is 2. The van der Waals surface area contributed by atoms with Gasteiger partial charge in [0.15, 0.2) is 5.69 Å². The molecule has 0 aliphatic carbocycles. The Morgan fingerprint density at radius 1 is 1.30 bits per heavy atom. The maximum atomic E-state index is 12.7. The van der Waals surface area contributed by atoms with Crippen molar-refractivity contribution in [1.82, 2.24) is 24.6 Å². The van der Waals surface area contributed by atoms with Gasteiger partial charge in [-0.15, -0.1) is 12.4 Å². The molecule has 8 heteroatoms. The van der Waals surface area contributed by atoms with Crippen molar-refractivity contribution in [2.75, 3.05) is 18.4 Å². The van der Waals surface area contributed by atoms with Crippen LogP contribution in [0, 0.1) is 0 Å². The average molecular weight is 429 g/mol. The predicted octanol–water partition coefficient (Wildman–Crippen LogP) is 3.85. The standard InChI is InChI=1S/C22H28N6O.ClH/c1-16(2)21-24-10-12-27(21)15-17-5-3-6-18(13-17)25-22(29)20-8-11-28(26-20)19-7-4-9-23-14-19;/h3,5-6,8,10-13,16,19,23H,4,7,9,14-15H2,1-2H3,(H,25,29);1H. The lowest BCUT2D eigenvalue weighted by atomic mass is 10.1. The third-order valence-corrected chi connectivity index (χ3v) is 5.29. The molecule has 1 aromatic carbocycles. The van der Waals surface area contributed by atoms with E-state index in [2.05, 4.69) is 45.2 Å². The van der Waals surface area contributed by atoms with Gasteiger partial charge >= 0.3 is 0 Å². The summed E-state index contributed by atoms with van der Waals surface area (Å²) in [5, 5.41) is 10.9. The number of nitrogens with zero attached hydrogens (tertiary/aromatic N) is 4. The van der Waals surface area contributed by atoms with Gasteiger partial charge in [0.2, 0.25) is 0 Å². The van der Waals surface area contributed by atoms with Gasteiger partial charge in [-0.05, 0) is 43.1 Å². The summed E-state index contributed by atoms with van der Waals surface area (Å²) < 4.78 is 4.05. The van der Waals surface area contributed by atoms with E-state index in [9.17, 15) is 4.79 Å². The second kappa shape index (κ2) is 9.91. The third-order valence-electron chi connectivity index (χ3n) is 5.29. The van der Waals surface area contributed by atoms with E-state index in [0.717, 1.165) is 49.6 Å². The number of anilines is 1. The molecule has 160 valence electrons. The fourth-order valence-electron chi connectivity index (χ4n) is 3.82. The Hall–Kier alpha value is -2.64. The van der Waals surface area contributed by atoms with Crippen LogP contribution in [0.1, 0.15) is 60.5 Å². The highest BCUT2D eigenvalue weighted by atomic mass is 35.5. The summed E-state index contributed by atoms with van der Waals surface area (Å²) in [6.45, 7) is 6.95. The molecule has 1 saturated heterocycles. The molecule has 1 aliphatic heterocycles. The van der Waals surface area contributed by atoms with Gasteiger partial charge in [0, 0.05) is 43.3 Å². The predicted molar refractivity (Wildman–Crippen MR) is 120 cm³/mol. The van der Waals surface area contributed by atoms with Gasteiger partial charge in [-0.1, -0.05) is 26.0 Å². The van der Waals surface area contributed by atoms with E-state index in [1.54, 1.807) is 6.07 Å². The van der Waals surface area contributed by atoms with Gasteiger partial charge < -0.3 is 15.2 Å². The molecule has 7 nitrogen and oxygen atoms in total. The molecule has 1 amide bonds. The van der Waals surface area contributed by atoms with Crippen molar-refractivity contribution < 1.29 is 4.79 Å². The van der Waals surface area contributed by atoms with E-state index in [0.29, 0.717) is 17.7 Å².